The van der Waals surface area contributed by atoms with Crippen LogP contribution in [0.2, 0.25) is 0 Å². The number of nitrogens with zero attached hydrogens (tertiary/aromatic N) is 1. The maximum absolute atomic E-state index is 13.0. The van der Waals surface area contributed by atoms with Crippen molar-refractivity contribution in [3.05, 3.63) is 59.7 Å². The van der Waals surface area contributed by atoms with Gasteiger partial charge in [-0.1, -0.05) is 17.7 Å². The van der Waals surface area contributed by atoms with Crippen LogP contribution >= 0.6 is 0 Å². The first kappa shape index (κ1) is 20.4. The van der Waals surface area contributed by atoms with Crippen LogP contribution in [0.25, 0.3) is 0 Å². The molecule has 1 N–H and O–H groups in total. The van der Waals surface area contributed by atoms with Crippen LogP contribution in [-0.2, 0) is 10.0 Å². The van der Waals surface area contributed by atoms with E-state index in [0.717, 1.165) is 18.4 Å². The minimum Gasteiger partial charge on any atom is -0.494 e. The topological polar surface area (TPSA) is 75.7 Å². The van der Waals surface area contributed by atoms with Gasteiger partial charge in [-0.15, -0.1) is 0 Å². The molecule has 28 heavy (non-hydrogen) atoms. The van der Waals surface area contributed by atoms with Gasteiger partial charge in [0.05, 0.1) is 11.5 Å². The lowest BCUT2D eigenvalue weighted by atomic mass is 10.2. The number of nitrogens with one attached hydrogen (secondary N) is 1. The Labute approximate surface area is 166 Å². The Morgan fingerprint density at radius 1 is 1.14 bits per heavy atom. The standard InChI is InChI=1S/C21H26N2O4S/c1-3-27-19-10-8-17(9-11-19)21(24)22-15-18-5-4-14-23(18)28(25,26)20-12-6-16(2)7-13-20/h6-13,18H,3-5,14-15H2,1-2H3,(H,22,24)/t18-/m0/s1. The molecular formula is C21H26N2O4S. The van der Waals surface area contributed by atoms with Crippen molar-refractivity contribution in [1.29, 1.82) is 0 Å². The van der Waals surface area contributed by atoms with E-state index in [2.05, 4.69) is 5.32 Å². The van der Waals surface area contributed by atoms with Gasteiger partial charge in [0.25, 0.3) is 5.91 Å². The SMILES string of the molecule is CCOc1ccc(C(=O)NC[C@@H]2CCCN2S(=O)(=O)c2ccc(C)cc2)cc1. The average molecular weight is 403 g/mol. The molecule has 1 heterocycles. The number of rotatable bonds is 7. The van der Waals surface area contributed by atoms with E-state index in [1.807, 2.05) is 13.8 Å². The Morgan fingerprint density at radius 3 is 2.46 bits per heavy atom. The van der Waals surface area contributed by atoms with Crippen molar-refractivity contribution in [3.8, 4) is 5.75 Å². The summed E-state index contributed by atoms with van der Waals surface area (Å²) in [5.41, 5.74) is 1.54. The lowest BCUT2D eigenvalue weighted by molar-refractivity contribution is 0.0946. The molecular weight excluding hydrogens is 376 g/mol. The smallest absolute Gasteiger partial charge is 0.251 e. The minimum atomic E-state index is -3.56. The highest BCUT2D eigenvalue weighted by Gasteiger charge is 2.35. The van der Waals surface area contributed by atoms with Crippen molar-refractivity contribution in [2.75, 3.05) is 19.7 Å². The van der Waals surface area contributed by atoms with Gasteiger partial charge < -0.3 is 10.1 Å². The van der Waals surface area contributed by atoms with E-state index in [9.17, 15) is 13.2 Å². The summed E-state index contributed by atoms with van der Waals surface area (Å²) >= 11 is 0. The van der Waals surface area contributed by atoms with Gasteiger partial charge >= 0.3 is 0 Å². The Balaban J connectivity index is 1.65. The molecule has 0 bridgehead atoms. The van der Waals surface area contributed by atoms with Gasteiger partial charge in [0, 0.05) is 24.7 Å². The van der Waals surface area contributed by atoms with Gasteiger partial charge in [-0.25, -0.2) is 8.42 Å². The number of hydrogen-bond donors (Lipinski definition) is 1. The van der Waals surface area contributed by atoms with Crippen LogP contribution in [0.4, 0.5) is 0 Å². The maximum atomic E-state index is 13.0. The van der Waals surface area contributed by atoms with E-state index < -0.39 is 10.0 Å². The molecule has 150 valence electrons. The molecule has 6 nitrogen and oxygen atoms in total. The number of hydrogen-bond acceptors (Lipinski definition) is 4. The van der Waals surface area contributed by atoms with Gasteiger partial charge in [-0.3, -0.25) is 4.79 Å². The first-order chi connectivity index (χ1) is 13.4. The van der Waals surface area contributed by atoms with Gasteiger partial charge in [0.2, 0.25) is 10.0 Å². The van der Waals surface area contributed by atoms with Crippen molar-refractivity contribution in [1.82, 2.24) is 9.62 Å². The molecule has 1 aliphatic heterocycles. The summed E-state index contributed by atoms with van der Waals surface area (Å²) in [6.07, 6.45) is 1.52. The lowest BCUT2D eigenvalue weighted by Crippen LogP contribution is -2.43. The molecule has 0 aromatic heterocycles. The highest BCUT2D eigenvalue weighted by Crippen LogP contribution is 2.26. The highest BCUT2D eigenvalue weighted by atomic mass is 32.2. The molecule has 3 rings (SSSR count). The van der Waals surface area contributed by atoms with Crippen LogP contribution in [-0.4, -0.2) is 44.4 Å². The van der Waals surface area contributed by atoms with Crippen molar-refractivity contribution in [2.45, 2.75) is 37.6 Å². The third-order valence-corrected chi connectivity index (χ3v) is 6.84. The van der Waals surface area contributed by atoms with Gasteiger partial charge in [0.15, 0.2) is 0 Å². The number of aryl methyl sites for hydroxylation is 1. The van der Waals surface area contributed by atoms with Crippen LogP contribution in [0, 0.1) is 6.92 Å². The number of carbonyl (C=O) groups is 1. The Hall–Kier alpha value is -2.38. The number of benzene rings is 2. The molecule has 1 aliphatic rings. The van der Waals surface area contributed by atoms with Crippen molar-refractivity contribution < 1.29 is 17.9 Å². The number of carbonyl (C=O) groups excluding carboxylic acids is 1. The molecule has 0 aliphatic carbocycles. The zero-order valence-electron chi connectivity index (χ0n) is 16.2. The molecule has 0 radical (unpaired) electrons. The van der Waals surface area contributed by atoms with E-state index in [-0.39, 0.29) is 18.5 Å². The molecule has 0 spiro atoms. The van der Waals surface area contributed by atoms with Crippen molar-refractivity contribution >= 4 is 15.9 Å². The largest absolute Gasteiger partial charge is 0.494 e. The van der Waals surface area contributed by atoms with Gasteiger partial charge in [-0.2, -0.15) is 4.31 Å². The second-order valence-corrected chi connectivity index (χ2v) is 8.78. The zero-order valence-corrected chi connectivity index (χ0v) is 17.0. The van der Waals surface area contributed by atoms with Crippen LogP contribution in [0.3, 0.4) is 0 Å². The first-order valence-corrected chi connectivity index (χ1v) is 11.0. The first-order valence-electron chi connectivity index (χ1n) is 9.51. The van der Waals surface area contributed by atoms with Gasteiger partial charge in [-0.05, 0) is 63.1 Å². The molecule has 1 saturated heterocycles. The van der Waals surface area contributed by atoms with Crippen LogP contribution in [0.5, 0.6) is 5.75 Å². The molecule has 2 aromatic rings. The third kappa shape index (κ3) is 4.54. The van der Waals surface area contributed by atoms with E-state index in [1.54, 1.807) is 48.5 Å². The summed E-state index contributed by atoms with van der Waals surface area (Å²) in [5, 5.41) is 2.87. The Bertz CT molecular complexity index is 908. The van der Waals surface area contributed by atoms with Crippen LogP contribution in [0.15, 0.2) is 53.4 Å². The third-order valence-electron chi connectivity index (χ3n) is 4.88. The highest BCUT2D eigenvalue weighted by molar-refractivity contribution is 7.89. The van der Waals surface area contributed by atoms with Crippen LogP contribution < -0.4 is 10.1 Å². The Morgan fingerprint density at radius 2 is 1.82 bits per heavy atom. The van der Waals surface area contributed by atoms with E-state index in [0.29, 0.717) is 29.4 Å². The summed E-state index contributed by atoms with van der Waals surface area (Å²) in [5.74, 6) is 0.493. The maximum Gasteiger partial charge on any atom is 0.251 e. The fraction of sp³-hybridized carbons (Fsp3) is 0.381. The van der Waals surface area contributed by atoms with Crippen molar-refractivity contribution in [3.63, 3.8) is 0 Å². The minimum absolute atomic E-state index is 0.220. The Kier molecular flexibility index (Phi) is 6.36. The summed E-state index contributed by atoms with van der Waals surface area (Å²) in [6, 6.07) is 13.5. The van der Waals surface area contributed by atoms with E-state index in [4.69, 9.17) is 4.74 Å². The quantitative estimate of drug-likeness (QED) is 0.773. The molecule has 0 unspecified atom stereocenters. The molecule has 1 fully saturated rings. The second-order valence-electron chi connectivity index (χ2n) is 6.89. The molecule has 0 saturated carbocycles. The van der Waals surface area contributed by atoms with E-state index in [1.165, 1.54) is 4.31 Å². The van der Waals surface area contributed by atoms with Gasteiger partial charge in [0.1, 0.15) is 5.75 Å². The van der Waals surface area contributed by atoms with E-state index >= 15 is 0 Å². The summed E-state index contributed by atoms with van der Waals surface area (Å²) in [7, 11) is -3.56. The molecule has 2 aromatic carbocycles. The average Bonchev–Trinajstić information content (AvgIpc) is 3.17. The predicted octanol–water partition coefficient (Wildman–Crippen LogP) is 2.98. The predicted molar refractivity (Wildman–Crippen MR) is 108 cm³/mol. The monoisotopic (exact) mass is 402 g/mol. The summed E-state index contributed by atoms with van der Waals surface area (Å²) in [4.78, 5) is 12.7. The molecule has 7 heteroatoms. The van der Waals surface area contributed by atoms with Crippen molar-refractivity contribution in [2.24, 2.45) is 0 Å². The number of amides is 1. The normalized spacial score (nSPS) is 17.4. The number of ether oxygens (including phenoxy) is 1. The molecule has 1 atom stereocenters. The lowest BCUT2D eigenvalue weighted by Gasteiger charge is -2.24. The van der Waals surface area contributed by atoms with Crippen LogP contribution in [0.1, 0.15) is 35.7 Å². The zero-order chi connectivity index (χ0) is 20.1. The second kappa shape index (κ2) is 8.75. The summed E-state index contributed by atoms with van der Waals surface area (Å²) < 4.78 is 32.8. The summed E-state index contributed by atoms with van der Waals surface area (Å²) in [6.45, 7) is 5.15. The number of sulfonamides is 1. The fourth-order valence-corrected chi connectivity index (χ4v) is 5.05. The fourth-order valence-electron chi connectivity index (χ4n) is 3.36. The molecule has 1 amide bonds.